The molecule has 0 bridgehead atoms. The zero-order chi connectivity index (χ0) is 22.2. The Bertz CT molecular complexity index is 1020. The van der Waals surface area contributed by atoms with Crippen molar-refractivity contribution in [1.29, 1.82) is 0 Å². The van der Waals surface area contributed by atoms with Gasteiger partial charge in [-0.25, -0.2) is 0 Å². The number of ether oxygens (including phenoxy) is 2. The molecule has 3 rings (SSSR count). The fraction of sp³-hybridized carbons (Fsp3) is 0.269. The Morgan fingerprint density at radius 2 is 1.58 bits per heavy atom. The Kier molecular flexibility index (Phi) is 7.55. The van der Waals surface area contributed by atoms with Gasteiger partial charge in [-0.15, -0.1) is 0 Å². The highest BCUT2D eigenvalue weighted by Crippen LogP contribution is 2.32. The summed E-state index contributed by atoms with van der Waals surface area (Å²) in [5.74, 6) is 1.20. The number of nitrogens with one attached hydrogen (secondary N) is 2. The Hall–Kier alpha value is -3.47. The van der Waals surface area contributed by atoms with Gasteiger partial charge in [-0.3, -0.25) is 4.79 Å². The number of hydrogen-bond donors (Lipinski definition) is 2. The molecule has 0 spiro atoms. The maximum Gasteiger partial charge on any atom is 0.251 e. The maximum atomic E-state index is 13.3. The van der Waals surface area contributed by atoms with Crippen LogP contribution in [-0.4, -0.2) is 19.1 Å². The summed E-state index contributed by atoms with van der Waals surface area (Å²) in [6, 6.07) is 20.8. The van der Waals surface area contributed by atoms with Gasteiger partial charge < -0.3 is 20.1 Å². The highest BCUT2D eigenvalue weighted by atomic mass is 16.5. The number of anilines is 2. The summed E-state index contributed by atoms with van der Waals surface area (Å²) in [5, 5.41) is 6.45. The minimum atomic E-state index is -0.575. The van der Waals surface area contributed by atoms with Crippen molar-refractivity contribution in [3.8, 4) is 11.5 Å². The molecule has 0 saturated carbocycles. The lowest BCUT2D eigenvalue weighted by atomic mass is 10.0. The van der Waals surface area contributed by atoms with E-state index in [1.807, 2.05) is 94.4 Å². The molecule has 3 aromatic rings. The summed E-state index contributed by atoms with van der Waals surface area (Å²) in [5.41, 5.74) is 4.58. The van der Waals surface area contributed by atoms with Crippen LogP contribution in [0.3, 0.4) is 0 Å². The summed E-state index contributed by atoms with van der Waals surface area (Å²) >= 11 is 0. The van der Waals surface area contributed by atoms with Gasteiger partial charge in [0, 0.05) is 17.4 Å². The van der Waals surface area contributed by atoms with Crippen LogP contribution < -0.4 is 20.1 Å². The fourth-order valence-corrected chi connectivity index (χ4v) is 3.33. The third-order valence-corrected chi connectivity index (χ3v) is 4.90. The monoisotopic (exact) mass is 418 g/mol. The van der Waals surface area contributed by atoms with Crippen LogP contribution in [0, 0.1) is 13.8 Å². The second-order valence-electron chi connectivity index (χ2n) is 7.32. The predicted molar refractivity (Wildman–Crippen MR) is 126 cm³/mol. The molecule has 1 amide bonds. The third-order valence-electron chi connectivity index (χ3n) is 4.90. The van der Waals surface area contributed by atoms with E-state index in [0.717, 1.165) is 28.1 Å². The summed E-state index contributed by atoms with van der Waals surface area (Å²) in [6.07, 6.45) is 0. The first kappa shape index (κ1) is 22.2. The second-order valence-corrected chi connectivity index (χ2v) is 7.32. The van der Waals surface area contributed by atoms with Crippen molar-refractivity contribution in [3.63, 3.8) is 0 Å². The largest absolute Gasteiger partial charge is 0.490 e. The summed E-state index contributed by atoms with van der Waals surface area (Å²) in [4.78, 5) is 13.3. The van der Waals surface area contributed by atoms with Crippen LogP contribution >= 0.6 is 0 Å². The van der Waals surface area contributed by atoms with Crippen molar-refractivity contribution >= 4 is 17.3 Å². The average Bonchev–Trinajstić information content (AvgIpc) is 2.77. The van der Waals surface area contributed by atoms with Gasteiger partial charge in [-0.2, -0.15) is 0 Å². The van der Waals surface area contributed by atoms with Crippen molar-refractivity contribution in [2.24, 2.45) is 0 Å². The topological polar surface area (TPSA) is 59.6 Å². The molecule has 3 aromatic carbocycles. The van der Waals surface area contributed by atoms with Gasteiger partial charge in [0.2, 0.25) is 0 Å². The molecule has 5 heteroatoms. The smallest absolute Gasteiger partial charge is 0.251 e. The zero-order valence-electron chi connectivity index (χ0n) is 18.6. The molecule has 31 heavy (non-hydrogen) atoms. The van der Waals surface area contributed by atoms with Gasteiger partial charge >= 0.3 is 0 Å². The lowest BCUT2D eigenvalue weighted by Crippen LogP contribution is -2.27. The number of amides is 1. The SMILES string of the molecule is CCOc1ccc(N[C@H](C(=O)Nc2cc(C)ccc2C)c2ccccc2)cc1OCC. The maximum absolute atomic E-state index is 13.3. The van der Waals surface area contributed by atoms with Crippen molar-refractivity contribution in [2.75, 3.05) is 23.8 Å². The molecule has 0 aliphatic carbocycles. The van der Waals surface area contributed by atoms with Crippen LogP contribution in [0.2, 0.25) is 0 Å². The number of rotatable bonds is 9. The van der Waals surface area contributed by atoms with E-state index in [9.17, 15) is 4.79 Å². The predicted octanol–water partition coefficient (Wildman–Crippen LogP) is 5.89. The van der Waals surface area contributed by atoms with E-state index in [-0.39, 0.29) is 5.91 Å². The number of carbonyl (C=O) groups excluding carboxylic acids is 1. The Labute approximate surface area is 184 Å². The second kappa shape index (κ2) is 10.5. The van der Waals surface area contributed by atoms with Crippen LogP contribution in [0.25, 0.3) is 0 Å². The van der Waals surface area contributed by atoms with Gasteiger partial charge in [0.25, 0.3) is 5.91 Å². The molecule has 0 radical (unpaired) electrons. The quantitative estimate of drug-likeness (QED) is 0.455. The normalized spacial score (nSPS) is 11.5. The number of carbonyl (C=O) groups is 1. The van der Waals surface area contributed by atoms with Crippen LogP contribution in [0.15, 0.2) is 66.7 Å². The molecule has 0 aromatic heterocycles. The Balaban J connectivity index is 1.90. The number of hydrogen-bond acceptors (Lipinski definition) is 4. The molecule has 0 aliphatic rings. The molecule has 2 N–H and O–H groups in total. The van der Waals surface area contributed by atoms with Crippen LogP contribution in [0.5, 0.6) is 11.5 Å². The minimum absolute atomic E-state index is 0.133. The van der Waals surface area contributed by atoms with Crippen LogP contribution in [0.4, 0.5) is 11.4 Å². The molecule has 5 nitrogen and oxygen atoms in total. The Morgan fingerprint density at radius 1 is 0.871 bits per heavy atom. The van der Waals surface area contributed by atoms with Crippen molar-refractivity contribution in [3.05, 3.63) is 83.4 Å². The lowest BCUT2D eigenvalue weighted by Gasteiger charge is -2.22. The first-order valence-electron chi connectivity index (χ1n) is 10.6. The standard InChI is InChI=1S/C26H30N2O3/c1-5-30-23-15-14-21(17-24(23)31-6-2)27-25(20-10-8-7-9-11-20)26(29)28-22-16-18(3)12-13-19(22)4/h7-17,25,27H,5-6H2,1-4H3,(H,28,29)/t25-/m0/s1. The van der Waals surface area contributed by atoms with Crippen LogP contribution in [0.1, 0.15) is 36.6 Å². The molecule has 0 unspecified atom stereocenters. The fourth-order valence-electron chi connectivity index (χ4n) is 3.33. The highest BCUT2D eigenvalue weighted by Gasteiger charge is 2.22. The van der Waals surface area contributed by atoms with E-state index < -0.39 is 6.04 Å². The third kappa shape index (κ3) is 5.79. The number of aryl methyl sites for hydroxylation is 2. The van der Waals surface area contributed by atoms with Gasteiger partial charge in [0.15, 0.2) is 11.5 Å². The van der Waals surface area contributed by atoms with Crippen molar-refractivity contribution in [1.82, 2.24) is 0 Å². The molecular weight excluding hydrogens is 388 g/mol. The molecule has 0 saturated heterocycles. The first-order chi connectivity index (χ1) is 15.0. The molecular formula is C26H30N2O3. The van der Waals surface area contributed by atoms with Crippen molar-refractivity contribution < 1.29 is 14.3 Å². The van der Waals surface area contributed by atoms with Crippen molar-refractivity contribution in [2.45, 2.75) is 33.7 Å². The molecule has 162 valence electrons. The van der Waals surface area contributed by atoms with E-state index in [1.165, 1.54) is 0 Å². The molecule has 0 aliphatic heterocycles. The highest BCUT2D eigenvalue weighted by molar-refractivity contribution is 5.98. The minimum Gasteiger partial charge on any atom is -0.490 e. The average molecular weight is 419 g/mol. The lowest BCUT2D eigenvalue weighted by molar-refractivity contribution is -0.117. The van der Waals surface area contributed by atoms with E-state index >= 15 is 0 Å². The van der Waals surface area contributed by atoms with E-state index in [4.69, 9.17) is 9.47 Å². The number of benzene rings is 3. The van der Waals surface area contributed by atoms with Gasteiger partial charge in [0.1, 0.15) is 6.04 Å². The Morgan fingerprint density at radius 3 is 2.29 bits per heavy atom. The summed E-state index contributed by atoms with van der Waals surface area (Å²) < 4.78 is 11.4. The summed E-state index contributed by atoms with van der Waals surface area (Å²) in [7, 11) is 0. The van der Waals surface area contributed by atoms with Gasteiger partial charge in [-0.1, -0.05) is 42.5 Å². The van der Waals surface area contributed by atoms with Gasteiger partial charge in [0.05, 0.1) is 13.2 Å². The van der Waals surface area contributed by atoms with Gasteiger partial charge in [-0.05, 0) is 62.6 Å². The zero-order valence-corrected chi connectivity index (χ0v) is 18.6. The molecule has 1 atom stereocenters. The van der Waals surface area contributed by atoms with E-state index in [0.29, 0.717) is 24.7 Å². The van der Waals surface area contributed by atoms with E-state index in [2.05, 4.69) is 10.6 Å². The van der Waals surface area contributed by atoms with E-state index in [1.54, 1.807) is 0 Å². The first-order valence-corrected chi connectivity index (χ1v) is 10.6. The van der Waals surface area contributed by atoms with Crippen LogP contribution in [-0.2, 0) is 4.79 Å². The molecule has 0 heterocycles. The summed E-state index contributed by atoms with van der Waals surface area (Å²) in [6.45, 7) is 8.94. The molecule has 0 fully saturated rings.